The van der Waals surface area contributed by atoms with E-state index in [1.54, 1.807) is 23.9 Å². The van der Waals surface area contributed by atoms with E-state index in [9.17, 15) is 8.78 Å². The minimum Gasteiger partial charge on any atom is -0.353 e. The summed E-state index contributed by atoms with van der Waals surface area (Å²) < 4.78 is 29.4. The third-order valence-electron chi connectivity index (χ3n) is 4.07. The zero-order chi connectivity index (χ0) is 14.8. The second kappa shape index (κ2) is 5.84. The summed E-state index contributed by atoms with van der Waals surface area (Å²) in [4.78, 5) is 4.24. The van der Waals surface area contributed by atoms with Gasteiger partial charge in [-0.05, 0) is 31.4 Å². The Balaban J connectivity index is 1.89. The summed E-state index contributed by atoms with van der Waals surface area (Å²) in [7, 11) is 0. The van der Waals surface area contributed by atoms with E-state index in [-0.39, 0.29) is 5.69 Å². The van der Waals surface area contributed by atoms with E-state index < -0.39 is 11.6 Å². The van der Waals surface area contributed by atoms with E-state index >= 15 is 0 Å². The Bertz CT molecular complexity index is 630. The van der Waals surface area contributed by atoms with Gasteiger partial charge in [-0.2, -0.15) is 0 Å². The SMILES string of the molecule is Cc1cc(F)c(-n2ccnc2NC2CCCCC2)cc1F. The highest BCUT2D eigenvalue weighted by Gasteiger charge is 2.17. The number of aromatic nitrogens is 2. The van der Waals surface area contributed by atoms with Gasteiger partial charge in [0, 0.05) is 24.5 Å². The molecule has 0 radical (unpaired) electrons. The largest absolute Gasteiger partial charge is 0.353 e. The molecule has 0 bridgehead atoms. The zero-order valence-corrected chi connectivity index (χ0v) is 12.1. The summed E-state index contributed by atoms with van der Waals surface area (Å²) in [6.07, 6.45) is 9.11. The molecule has 3 rings (SSSR count). The number of halogens is 2. The first-order valence-corrected chi connectivity index (χ1v) is 7.41. The summed E-state index contributed by atoms with van der Waals surface area (Å²) in [5.41, 5.74) is 0.493. The molecule has 3 nitrogen and oxygen atoms in total. The van der Waals surface area contributed by atoms with Crippen LogP contribution in [-0.2, 0) is 0 Å². The van der Waals surface area contributed by atoms with Crippen LogP contribution in [0.5, 0.6) is 0 Å². The van der Waals surface area contributed by atoms with Gasteiger partial charge in [0.05, 0.1) is 5.69 Å². The number of benzene rings is 1. The maximum atomic E-state index is 14.1. The maximum absolute atomic E-state index is 14.1. The van der Waals surface area contributed by atoms with Crippen molar-refractivity contribution in [3.63, 3.8) is 0 Å². The molecule has 0 unspecified atom stereocenters. The normalized spacial score (nSPS) is 16.1. The molecule has 1 heterocycles. The van der Waals surface area contributed by atoms with Crippen LogP contribution in [0.1, 0.15) is 37.7 Å². The minimum absolute atomic E-state index is 0.189. The van der Waals surface area contributed by atoms with Crippen molar-refractivity contribution in [1.29, 1.82) is 0 Å². The van der Waals surface area contributed by atoms with Crippen LogP contribution in [0.25, 0.3) is 5.69 Å². The molecule has 1 aliphatic rings. The lowest BCUT2D eigenvalue weighted by atomic mass is 9.96. The van der Waals surface area contributed by atoms with Crippen molar-refractivity contribution in [2.45, 2.75) is 45.1 Å². The fourth-order valence-corrected chi connectivity index (χ4v) is 2.85. The summed E-state index contributed by atoms with van der Waals surface area (Å²) in [6, 6.07) is 2.80. The third-order valence-corrected chi connectivity index (χ3v) is 4.07. The molecule has 0 aliphatic heterocycles. The Morgan fingerprint density at radius 3 is 2.67 bits per heavy atom. The molecule has 5 heteroatoms. The number of anilines is 1. The van der Waals surface area contributed by atoms with Gasteiger partial charge in [-0.15, -0.1) is 0 Å². The lowest BCUT2D eigenvalue weighted by Gasteiger charge is -2.23. The van der Waals surface area contributed by atoms with Gasteiger partial charge < -0.3 is 5.32 Å². The van der Waals surface area contributed by atoms with Gasteiger partial charge in [-0.25, -0.2) is 13.8 Å². The van der Waals surface area contributed by atoms with Gasteiger partial charge in [0.1, 0.15) is 11.6 Å². The summed E-state index contributed by atoms with van der Waals surface area (Å²) in [6.45, 7) is 1.55. The van der Waals surface area contributed by atoms with Crippen LogP contribution in [0.15, 0.2) is 24.5 Å². The molecule has 1 aromatic carbocycles. The first kappa shape index (κ1) is 14.0. The predicted octanol–water partition coefficient (Wildman–Crippen LogP) is 4.20. The van der Waals surface area contributed by atoms with E-state index in [4.69, 9.17) is 0 Å². The number of hydrogen-bond donors (Lipinski definition) is 1. The molecular formula is C16H19F2N3. The number of rotatable bonds is 3. The lowest BCUT2D eigenvalue weighted by Crippen LogP contribution is -2.24. The fraction of sp³-hybridized carbons (Fsp3) is 0.438. The van der Waals surface area contributed by atoms with Crippen LogP contribution >= 0.6 is 0 Å². The van der Waals surface area contributed by atoms with Crippen LogP contribution in [0, 0.1) is 18.6 Å². The van der Waals surface area contributed by atoms with Crippen LogP contribution < -0.4 is 5.32 Å². The van der Waals surface area contributed by atoms with Gasteiger partial charge in [-0.3, -0.25) is 4.57 Å². The van der Waals surface area contributed by atoms with Crippen LogP contribution in [-0.4, -0.2) is 15.6 Å². The van der Waals surface area contributed by atoms with Gasteiger partial charge in [0.15, 0.2) is 0 Å². The second-order valence-electron chi connectivity index (χ2n) is 5.65. The number of nitrogens with one attached hydrogen (secondary N) is 1. The average molecular weight is 291 g/mol. The first-order chi connectivity index (χ1) is 10.1. The molecule has 21 heavy (non-hydrogen) atoms. The molecule has 0 atom stereocenters. The fourth-order valence-electron chi connectivity index (χ4n) is 2.85. The highest BCUT2D eigenvalue weighted by atomic mass is 19.1. The van der Waals surface area contributed by atoms with Crippen molar-refractivity contribution in [3.05, 3.63) is 41.7 Å². The molecule has 0 saturated heterocycles. The molecule has 1 fully saturated rings. The molecule has 112 valence electrons. The molecule has 1 aliphatic carbocycles. The van der Waals surface area contributed by atoms with E-state index in [2.05, 4.69) is 10.3 Å². The number of hydrogen-bond acceptors (Lipinski definition) is 2. The monoisotopic (exact) mass is 291 g/mol. The highest BCUT2D eigenvalue weighted by Crippen LogP contribution is 2.24. The van der Waals surface area contributed by atoms with Gasteiger partial charge in [-0.1, -0.05) is 19.3 Å². The Labute approximate surface area is 123 Å². The Kier molecular flexibility index (Phi) is 3.90. The number of nitrogens with zero attached hydrogens (tertiary/aromatic N) is 2. The summed E-state index contributed by atoms with van der Waals surface area (Å²) in [5, 5.41) is 3.35. The molecule has 0 amide bonds. The van der Waals surface area contributed by atoms with Crippen molar-refractivity contribution < 1.29 is 8.78 Å². The Morgan fingerprint density at radius 1 is 1.14 bits per heavy atom. The van der Waals surface area contributed by atoms with Crippen molar-refractivity contribution in [2.24, 2.45) is 0 Å². The highest BCUT2D eigenvalue weighted by molar-refractivity contribution is 5.44. The summed E-state index contributed by atoms with van der Waals surface area (Å²) >= 11 is 0. The molecule has 1 saturated carbocycles. The van der Waals surface area contributed by atoms with E-state index in [1.807, 2.05) is 0 Å². The van der Waals surface area contributed by atoms with Crippen LogP contribution in [0.3, 0.4) is 0 Å². The topological polar surface area (TPSA) is 29.9 Å². The van der Waals surface area contributed by atoms with Crippen LogP contribution in [0.2, 0.25) is 0 Å². The standard InChI is InChI=1S/C16H19F2N3/c1-11-9-14(18)15(10-13(11)17)21-8-7-19-16(21)20-12-5-3-2-4-6-12/h7-10,12H,2-6H2,1H3,(H,19,20). The maximum Gasteiger partial charge on any atom is 0.207 e. The predicted molar refractivity (Wildman–Crippen MR) is 78.7 cm³/mol. The van der Waals surface area contributed by atoms with Crippen molar-refractivity contribution in [3.8, 4) is 5.69 Å². The average Bonchev–Trinajstić information content (AvgIpc) is 2.92. The molecule has 2 aromatic rings. The van der Waals surface area contributed by atoms with E-state index in [0.717, 1.165) is 12.8 Å². The van der Waals surface area contributed by atoms with Crippen molar-refractivity contribution in [2.75, 3.05) is 5.32 Å². The number of imidazole rings is 1. The van der Waals surface area contributed by atoms with E-state index in [1.165, 1.54) is 31.4 Å². The summed E-state index contributed by atoms with van der Waals surface area (Å²) in [5.74, 6) is -0.286. The number of aryl methyl sites for hydroxylation is 1. The Hall–Kier alpha value is -1.91. The smallest absolute Gasteiger partial charge is 0.207 e. The van der Waals surface area contributed by atoms with Gasteiger partial charge >= 0.3 is 0 Å². The van der Waals surface area contributed by atoms with Crippen molar-refractivity contribution in [1.82, 2.24) is 9.55 Å². The molecule has 1 aromatic heterocycles. The quantitative estimate of drug-likeness (QED) is 0.918. The van der Waals surface area contributed by atoms with Crippen molar-refractivity contribution >= 4 is 5.95 Å². The molecular weight excluding hydrogens is 272 g/mol. The molecule has 0 spiro atoms. The lowest BCUT2D eigenvalue weighted by molar-refractivity contribution is 0.460. The zero-order valence-electron chi connectivity index (χ0n) is 12.1. The van der Waals surface area contributed by atoms with E-state index in [0.29, 0.717) is 17.6 Å². The van der Waals surface area contributed by atoms with Crippen LogP contribution in [0.4, 0.5) is 14.7 Å². The molecule has 1 N–H and O–H groups in total. The Morgan fingerprint density at radius 2 is 1.90 bits per heavy atom. The van der Waals surface area contributed by atoms with Gasteiger partial charge in [0.25, 0.3) is 0 Å². The first-order valence-electron chi connectivity index (χ1n) is 7.41. The second-order valence-corrected chi connectivity index (χ2v) is 5.65. The minimum atomic E-state index is -0.446. The third kappa shape index (κ3) is 2.91. The van der Waals surface area contributed by atoms with Gasteiger partial charge in [0.2, 0.25) is 5.95 Å².